The molecule has 0 radical (unpaired) electrons. The van der Waals surface area contributed by atoms with Gasteiger partial charge >= 0.3 is 6.09 Å². The van der Waals surface area contributed by atoms with Gasteiger partial charge in [0.1, 0.15) is 0 Å². The highest BCUT2D eigenvalue weighted by Crippen LogP contribution is 2.37. The lowest BCUT2D eigenvalue weighted by Crippen LogP contribution is -2.46. The van der Waals surface area contributed by atoms with Crippen LogP contribution in [0.1, 0.15) is 97.1 Å². The second-order valence-corrected chi connectivity index (χ2v) is 13.7. The topological polar surface area (TPSA) is 97.2 Å². The van der Waals surface area contributed by atoms with E-state index in [4.69, 9.17) is 21.3 Å². The van der Waals surface area contributed by atoms with E-state index in [9.17, 15) is 4.79 Å². The van der Waals surface area contributed by atoms with Gasteiger partial charge in [0.25, 0.3) is 0 Å². The van der Waals surface area contributed by atoms with E-state index < -0.39 is 0 Å². The molecule has 0 spiro atoms. The normalized spacial score (nSPS) is 19.1. The Bertz CT molecular complexity index is 1140. The molecule has 10 heteroatoms. The first-order chi connectivity index (χ1) is 20.2. The van der Waals surface area contributed by atoms with Crippen molar-refractivity contribution in [2.75, 3.05) is 32.1 Å². The van der Waals surface area contributed by atoms with E-state index in [2.05, 4.69) is 41.5 Å². The van der Waals surface area contributed by atoms with Crippen LogP contribution in [0.2, 0.25) is 5.02 Å². The maximum absolute atomic E-state index is 12.0. The van der Waals surface area contributed by atoms with Crippen molar-refractivity contribution in [3.05, 3.63) is 23.1 Å². The molecule has 0 aliphatic heterocycles. The number of halogens is 1. The minimum absolute atomic E-state index is 0.209. The summed E-state index contributed by atoms with van der Waals surface area (Å²) in [4.78, 5) is 23.2. The van der Waals surface area contributed by atoms with Crippen molar-refractivity contribution in [3.63, 3.8) is 0 Å². The number of methoxy groups -OCH3 is 1. The predicted octanol–water partition coefficient (Wildman–Crippen LogP) is 6.86. The Morgan fingerprint density at radius 3 is 2.43 bits per heavy atom. The van der Waals surface area contributed by atoms with Crippen LogP contribution in [0.5, 0.6) is 0 Å². The molecule has 9 nitrogen and oxygen atoms in total. The van der Waals surface area contributed by atoms with Crippen LogP contribution in [-0.2, 0) is 18.2 Å². The highest BCUT2D eigenvalue weighted by molar-refractivity contribution is 6.32. The summed E-state index contributed by atoms with van der Waals surface area (Å²) in [7, 11) is 3.46. The average Bonchev–Trinajstić information content (AvgIpc) is 3.72. The van der Waals surface area contributed by atoms with Gasteiger partial charge in [-0.1, -0.05) is 30.9 Å². The number of carbonyl (C=O) groups is 1. The molecule has 2 aliphatic rings. The molecule has 2 aromatic rings. The zero-order chi connectivity index (χ0) is 30.1. The highest BCUT2D eigenvalue weighted by Gasteiger charge is 2.28. The Labute approximate surface area is 257 Å². The van der Waals surface area contributed by atoms with Gasteiger partial charge in [-0.15, -0.1) is 0 Å². The molecular formula is C32H52ClN7O2. The molecule has 2 heterocycles. The van der Waals surface area contributed by atoms with E-state index >= 15 is 0 Å². The van der Waals surface area contributed by atoms with Crippen LogP contribution in [0, 0.1) is 11.8 Å². The first-order valence-corrected chi connectivity index (χ1v) is 16.4. The van der Waals surface area contributed by atoms with Crippen LogP contribution >= 0.6 is 11.6 Å². The molecule has 234 valence electrons. The molecule has 2 N–H and O–H groups in total. The van der Waals surface area contributed by atoms with Crippen molar-refractivity contribution in [2.45, 2.75) is 109 Å². The number of hydrogen-bond donors (Lipinski definition) is 2. The lowest BCUT2D eigenvalue weighted by Gasteiger charge is -2.34. The Hall–Kier alpha value is -2.39. The van der Waals surface area contributed by atoms with E-state index in [1.165, 1.54) is 57.7 Å². The zero-order valence-corrected chi connectivity index (χ0v) is 27.2. The zero-order valence-electron chi connectivity index (χ0n) is 26.4. The van der Waals surface area contributed by atoms with Gasteiger partial charge in [0.15, 0.2) is 0 Å². The number of ether oxygens (including phenoxy) is 1. The van der Waals surface area contributed by atoms with Crippen LogP contribution in [0.4, 0.5) is 10.7 Å². The van der Waals surface area contributed by atoms with Gasteiger partial charge in [-0.05, 0) is 103 Å². The monoisotopic (exact) mass is 601 g/mol. The minimum atomic E-state index is -0.234. The Balaban J connectivity index is 1.10. The largest absolute Gasteiger partial charge is 0.453 e. The molecule has 4 rings (SSSR count). The molecule has 2 fully saturated rings. The van der Waals surface area contributed by atoms with Gasteiger partial charge in [0.2, 0.25) is 5.95 Å². The third-order valence-corrected chi connectivity index (χ3v) is 9.07. The molecule has 0 unspecified atom stereocenters. The van der Waals surface area contributed by atoms with Crippen LogP contribution in [0.15, 0.2) is 12.4 Å². The van der Waals surface area contributed by atoms with Crippen molar-refractivity contribution in [3.8, 4) is 11.3 Å². The predicted molar refractivity (Wildman–Crippen MR) is 170 cm³/mol. The summed E-state index contributed by atoms with van der Waals surface area (Å²) in [6.45, 7) is 9.08. The number of hydrogen-bond acceptors (Lipinski definition) is 7. The van der Waals surface area contributed by atoms with E-state index in [1.54, 1.807) is 6.20 Å². The quantitative estimate of drug-likeness (QED) is 0.215. The van der Waals surface area contributed by atoms with Crippen molar-refractivity contribution >= 4 is 23.6 Å². The fraction of sp³-hybridized carbons (Fsp3) is 0.750. The second-order valence-electron chi connectivity index (χ2n) is 13.3. The van der Waals surface area contributed by atoms with E-state index in [0.717, 1.165) is 74.8 Å². The maximum Gasteiger partial charge on any atom is 0.409 e. The third kappa shape index (κ3) is 9.56. The third-order valence-electron chi connectivity index (χ3n) is 8.79. The average molecular weight is 602 g/mol. The number of rotatable bonds is 15. The molecule has 0 atom stereocenters. The Morgan fingerprint density at radius 1 is 1.05 bits per heavy atom. The van der Waals surface area contributed by atoms with Gasteiger partial charge in [0.05, 0.1) is 30.2 Å². The van der Waals surface area contributed by atoms with Crippen molar-refractivity contribution in [1.29, 1.82) is 0 Å². The first-order valence-electron chi connectivity index (χ1n) is 16.0. The number of nitrogens with one attached hydrogen (secondary N) is 2. The summed E-state index contributed by atoms with van der Waals surface area (Å²) in [5, 5.41) is 12.4. The van der Waals surface area contributed by atoms with Crippen LogP contribution in [0.25, 0.3) is 11.3 Å². The first kappa shape index (κ1) is 32.5. The Kier molecular flexibility index (Phi) is 11.9. The molecule has 0 bridgehead atoms. The maximum atomic E-state index is 12.0. The fourth-order valence-electron chi connectivity index (χ4n) is 5.98. The Morgan fingerprint density at radius 2 is 1.74 bits per heavy atom. The standard InChI is InChI=1S/C32H52ClN7O2/c1-32(2,3)40(31(41)42-5)18-10-8-6-7-9-17-34-20-24-13-15-25(16-14-24)37-30-35-22-27(33)29(38-30)26-21-36-39(4)28(26)19-23-11-12-23/h21-25,34H,6-20H2,1-5H3,(H,35,37,38). The molecule has 0 saturated heterocycles. The minimum Gasteiger partial charge on any atom is -0.453 e. The number of aromatic nitrogens is 4. The van der Waals surface area contributed by atoms with Crippen molar-refractivity contribution in [2.24, 2.45) is 18.9 Å². The van der Waals surface area contributed by atoms with Gasteiger partial charge in [-0.2, -0.15) is 5.10 Å². The number of amides is 1. The van der Waals surface area contributed by atoms with E-state index in [-0.39, 0.29) is 11.6 Å². The van der Waals surface area contributed by atoms with E-state index in [0.29, 0.717) is 17.0 Å². The van der Waals surface area contributed by atoms with E-state index in [1.807, 2.05) is 22.8 Å². The molecule has 42 heavy (non-hydrogen) atoms. The van der Waals surface area contributed by atoms with Crippen LogP contribution in [-0.4, -0.2) is 69.1 Å². The molecule has 2 saturated carbocycles. The van der Waals surface area contributed by atoms with Crippen molar-refractivity contribution in [1.82, 2.24) is 30.0 Å². The van der Waals surface area contributed by atoms with Gasteiger partial charge in [-0.3, -0.25) is 4.68 Å². The number of carbonyl (C=O) groups excluding carboxylic acids is 1. The summed E-state index contributed by atoms with van der Waals surface area (Å²) in [5.74, 6) is 2.15. The molecule has 1 amide bonds. The van der Waals surface area contributed by atoms with Crippen LogP contribution < -0.4 is 10.6 Å². The smallest absolute Gasteiger partial charge is 0.409 e. The number of aryl methyl sites for hydroxylation is 1. The summed E-state index contributed by atoms with van der Waals surface area (Å²) >= 11 is 6.56. The van der Waals surface area contributed by atoms with Gasteiger partial charge in [-0.25, -0.2) is 14.8 Å². The molecular weight excluding hydrogens is 550 g/mol. The second kappa shape index (κ2) is 15.4. The summed E-state index contributed by atoms with van der Waals surface area (Å²) in [6, 6.07) is 0.392. The summed E-state index contributed by atoms with van der Waals surface area (Å²) in [6.07, 6.45) is 17.5. The molecule has 2 aromatic heterocycles. The van der Waals surface area contributed by atoms with Gasteiger partial charge in [0, 0.05) is 36.4 Å². The SMILES string of the molecule is COC(=O)N(CCCCCCCNCC1CCC(Nc2ncc(Cl)c(-c3cnn(C)c3CC3CC3)n2)CC1)C(C)(C)C. The van der Waals surface area contributed by atoms with Crippen LogP contribution in [0.3, 0.4) is 0 Å². The number of nitrogens with zero attached hydrogens (tertiary/aromatic N) is 5. The fourth-order valence-corrected chi connectivity index (χ4v) is 6.18. The number of anilines is 1. The molecule has 2 aliphatic carbocycles. The molecule has 0 aromatic carbocycles. The summed E-state index contributed by atoms with van der Waals surface area (Å²) in [5.41, 5.74) is 2.81. The lowest BCUT2D eigenvalue weighted by atomic mass is 9.86. The lowest BCUT2D eigenvalue weighted by molar-refractivity contribution is 0.0825. The summed E-state index contributed by atoms with van der Waals surface area (Å²) < 4.78 is 6.91. The number of unbranched alkanes of at least 4 members (excludes halogenated alkanes) is 4. The van der Waals surface area contributed by atoms with Crippen molar-refractivity contribution < 1.29 is 9.53 Å². The highest BCUT2D eigenvalue weighted by atomic mass is 35.5. The van der Waals surface area contributed by atoms with Gasteiger partial charge < -0.3 is 20.3 Å².